The lowest BCUT2D eigenvalue weighted by atomic mass is 9.94. The lowest BCUT2D eigenvalue weighted by molar-refractivity contribution is 0.157. The number of nitrogens with zero attached hydrogens (tertiary/aromatic N) is 2. The summed E-state index contributed by atoms with van der Waals surface area (Å²) in [5.74, 6) is 0.245. The van der Waals surface area contributed by atoms with Crippen LogP contribution in [0.1, 0.15) is 18.9 Å². The Kier molecular flexibility index (Phi) is 5.31. The minimum Gasteiger partial charge on any atom is -0.327 e. The lowest BCUT2D eigenvalue weighted by Crippen LogP contribution is -2.45. The zero-order chi connectivity index (χ0) is 11.5. The molecule has 3 nitrogen and oxygen atoms in total. The molecule has 0 amide bonds. The third-order valence-electron chi connectivity index (χ3n) is 3.22. The number of likely N-dealkylation sites (tertiary alicyclic amines) is 1. The van der Waals surface area contributed by atoms with Gasteiger partial charge in [0.25, 0.3) is 0 Å². The summed E-state index contributed by atoms with van der Waals surface area (Å²) < 4.78 is 13.0. The Hall–Kier alpha value is -0.710. The zero-order valence-corrected chi connectivity index (χ0v) is 10.8. The van der Waals surface area contributed by atoms with E-state index in [4.69, 9.17) is 5.73 Å². The minimum absolute atomic E-state index is 0. The fourth-order valence-corrected chi connectivity index (χ4v) is 2.19. The Morgan fingerprint density at radius 3 is 2.94 bits per heavy atom. The van der Waals surface area contributed by atoms with Crippen LogP contribution >= 0.6 is 12.4 Å². The van der Waals surface area contributed by atoms with Gasteiger partial charge in [0.05, 0.1) is 6.20 Å². The molecular formula is C12H19ClFN3. The summed E-state index contributed by atoms with van der Waals surface area (Å²) in [4.78, 5) is 6.17. The van der Waals surface area contributed by atoms with Crippen LogP contribution in [0.5, 0.6) is 0 Å². The van der Waals surface area contributed by atoms with Crippen molar-refractivity contribution < 1.29 is 4.39 Å². The number of piperidine rings is 1. The maximum absolute atomic E-state index is 13.0. The second-order valence-electron chi connectivity index (χ2n) is 4.68. The first-order chi connectivity index (χ1) is 7.65. The number of hydrogen-bond acceptors (Lipinski definition) is 3. The first kappa shape index (κ1) is 14.4. The standard InChI is InChI=1S/C12H18FN3.ClH/c1-9-7-16(3-2-12(9)14)8-10-4-11(13)6-15-5-10;/h4-6,9,12H,2-3,7-8,14H2,1H3;1H. The molecule has 2 unspecified atom stereocenters. The molecule has 1 aliphatic heterocycles. The van der Waals surface area contributed by atoms with Crippen LogP contribution in [0.3, 0.4) is 0 Å². The molecule has 0 aliphatic carbocycles. The molecule has 1 saturated heterocycles. The molecule has 0 spiro atoms. The number of hydrogen-bond donors (Lipinski definition) is 1. The molecule has 0 saturated carbocycles. The van der Waals surface area contributed by atoms with Gasteiger partial charge in [0.2, 0.25) is 0 Å². The molecule has 1 aromatic rings. The normalized spacial score (nSPS) is 25.4. The third-order valence-corrected chi connectivity index (χ3v) is 3.22. The molecule has 1 aliphatic rings. The second kappa shape index (κ2) is 6.28. The fourth-order valence-electron chi connectivity index (χ4n) is 2.19. The van der Waals surface area contributed by atoms with E-state index in [1.807, 2.05) is 0 Å². The van der Waals surface area contributed by atoms with Gasteiger partial charge in [-0.3, -0.25) is 9.88 Å². The second-order valence-corrected chi connectivity index (χ2v) is 4.68. The molecule has 17 heavy (non-hydrogen) atoms. The van der Waals surface area contributed by atoms with Crippen molar-refractivity contribution in [3.63, 3.8) is 0 Å². The molecule has 96 valence electrons. The Morgan fingerprint density at radius 1 is 1.53 bits per heavy atom. The van der Waals surface area contributed by atoms with Gasteiger partial charge in [0, 0.05) is 25.3 Å². The van der Waals surface area contributed by atoms with Gasteiger partial charge in [-0.1, -0.05) is 6.92 Å². The Bertz CT molecular complexity index is 361. The molecule has 2 rings (SSSR count). The molecule has 0 radical (unpaired) electrons. The van der Waals surface area contributed by atoms with E-state index in [-0.39, 0.29) is 18.2 Å². The summed E-state index contributed by atoms with van der Waals surface area (Å²) in [6.45, 7) is 4.90. The summed E-state index contributed by atoms with van der Waals surface area (Å²) in [6.07, 6.45) is 3.98. The highest BCUT2D eigenvalue weighted by Gasteiger charge is 2.22. The van der Waals surface area contributed by atoms with E-state index in [9.17, 15) is 4.39 Å². The van der Waals surface area contributed by atoms with Crippen LogP contribution in [0.2, 0.25) is 0 Å². The topological polar surface area (TPSA) is 42.2 Å². The van der Waals surface area contributed by atoms with Crippen LogP contribution in [-0.2, 0) is 6.54 Å². The predicted molar refractivity (Wildman–Crippen MR) is 68.5 cm³/mol. The van der Waals surface area contributed by atoms with Crippen molar-refractivity contribution in [2.24, 2.45) is 11.7 Å². The van der Waals surface area contributed by atoms with Crippen molar-refractivity contribution in [1.29, 1.82) is 0 Å². The van der Waals surface area contributed by atoms with Gasteiger partial charge in [0.1, 0.15) is 5.82 Å². The van der Waals surface area contributed by atoms with Crippen molar-refractivity contribution in [2.45, 2.75) is 25.9 Å². The number of rotatable bonds is 2. The third kappa shape index (κ3) is 3.91. The van der Waals surface area contributed by atoms with Crippen LogP contribution < -0.4 is 5.73 Å². The van der Waals surface area contributed by atoms with E-state index in [1.54, 1.807) is 12.3 Å². The predicted octanol–water partition coefficient (Wildman–Crippen LogP) is 1.81. The largest absolute Gasteiger partial charge is 0.327 e. The Morgan fingerprint density at radius 2 is 2.29 bits per heavy atom. The Balaban J connectivity index is 0.00000144. The van der Waals surface area contributed by atoms with Crippen LogP contribution in [0, 0.1) is 11.7 Å². The molecule has 1 fully saturated rings. The molecule has 0 bridgehead atoms. The molecule has 2 N–H and O–H groups in total. The van der Waals surface area contributed by atoms with E-state index in [2.05, 4.69) is 16.8 Å². The van der Waals surface area contributed by atoms with E-state index >= 15 is 0 Å². The Labute approximate surface area is 108 Å². The van der Waals surface area contributed by atoms with Gasteiger partial charge in [-0.25, -0.2) is 4.39 Å². The highest BCUT2D eigenvalue weighted by molar-refractivity contribution is 5.85. The quantitative estimate of drug-likeness (QED) is 0.881. The van der Waals surface area contributed by atoms with Gasteiger partial charge >= 0.3 is 0 Å². The SMILES string of the molecule is CC1CN(Cc2cncc(F)c2)CCC1N.Cl. The summed E-state index contributed by atoms with van der Waals surface area (Å²) in [5.41, 5.74) is 6.89. The average Bonchev–Trinajstić information content (AvgIpc) is 2.24. The van der Waals surface area contributed by atoms with Crippen molar-refractivity contribution >= 4 is 12.4 Å². The molecule has 2 atom stereocenters. The van der Waals surface area contributed by atoms with Crippen molar-refractivity contribution in [3.05, 3.63) is 29.8 Å². The molecule has 2 heterocycles. The lowest BCUT2D eigenvalue weighted by Gasteiger charge is -2.34. The van der Waals surface area contributed by atoms with E-state index < -0.39 is 0 Å². The number of halogens is 2. The van der Waals surface area contributed by atoms with E-state index in [0.29, 0.717) is 12.0 Å². The monoisotopic (exact) mass is 259 g/mol. The number of aromatic nitrogens is 1. The van der Waals surface area contributed by atoms with Crippen LogP contribution in [-0.4, -0.2) is 29.0 Å². The van der Waals surface area contributed by atoms with Gasteiger partial charge in [-0.2, -0.15) is 0 Å². The number of nitrogens with two attached hydrogens (primary N) is 1. The van der Waals surface area contributed by atoms with Crippen LogP contribution in [0.25, 0.3) is 0 Å². The maximum Gasteiger partial charge on any atom is 0.141 e. The van der Waals surface area contributed by atoms with Crippen molar-refractivity contribution in [2.75, 3.05) is 13.1 Å². The van der Waals surface area contributed by atoms with Gasteiger partial charge in [-0.05, 0) is 30.5 Å². The summed E-state index contributed by atoms with van der Waals surface area (Å²) in [5, 5.41) is 0. The number of pyridine rings is 1. The highest BCUT2D eigenvalue weighted by atomic mass is 35.5. The fraction of sp³-hybridized carbons (Fsp3) is 0.583. The highest BCUT2D eigenvalue weighted by Crippen LogP contribution is 2.17. The summed E-state index contributed by atoms with van der Waals surface area (Å²) >= 11 is 0. The van der Waals surface area contributed by atoms with E-state index in [1.165, 1.54) is 6.20 Å². The first-order valence-corrected chi connectivity index (χ1v) is 5.72. The molecule has 1 aromatic heterocycles. The van der Waals surface area contributed by atoms with Crippen molar-refractivity contribution in [3.8, 4) is 0 Å². The van der Waals surface area contributed by atoms with Gasteiger partial charge in [0.15, 0.2) is 0 Å². The smallest absolute Gasteiger partial charge is 0.141 e. The van der Waals surface area contributed by atoms with Gasteiger partial charge in [-0.15, -0.1) is 12.4 Å². The molecular weight excluding hydrogens is 241 g/mol. The average molecular weight is 260 g/mol. The van der Waals surface area contributed by atoms with Crippen LogP contribution in [0.4, 0.5) is 4.39 Å². The zero-order valence-electron chi connectivity index (χ0n) is 9.97. The van der Waals surface area contributed by atoms with E-state index in [0.717, 1.165) is 31.6 Å². The first-order valence-electron chi connectivity index (χ1n) is 5.72. The van der Waals surface area contributed by atoms with Crippen molar-refractivity contribution in [1.82, 2.24) is 9.88 Å². The molecule has 5 heteroatoms. The van der Waals surface area contributed by atoms with Gasteiger partial charge < -0.3 is 5.73 Å². The molecule has 0 aromatic carbocycles. The maximum atomic E-state index is 13.0. The summed E-state index contributed by atoms with van der Waals surface area (Å²) in [6, 6.07) is 1.86. The van der Waals surface area contributed by atoms with Crippen LogP contribution in [0.15, 0.2) is 18.5 Å². The minimum atomic E-state index is -0.265. The summed E-state index contributed by atoms with van der Waals surface area (Å²) in [7, 11) is 0.